The van der Waals surface area contributed by atoms with Gasteiger partial charge in [-0.3, -0.25) is 0 Å². The molecule has 4 aromatic rings. The van der Waals surface area contributed by atoms with Crippen molar-refractivity contribution in [2.24, 2.45) is 7.05 Å². The molecule has 0 atom stereocenters. The molecule has 5 heteroatoms. The van der Waals surface area contributed by atoms with Gasteiger partial charge in [-0.15, -0.1) is 23.1 Å². The van der Waals surface area contributed by atoms with Gasteiger partial charge in [0.25, 0.3) is 0 Å². The van der Waals surface area contributed by atoms with E-state index in [4.69, 9.17) is 9.72 Å². The average molecular weight is 367 g/mol. The lowest BCUT2D eigenvalue weighted by Gasteiger charge is -2.04. The molecule has 0 aliphatic heterocycles. The Kier molecular flexibility index (Phi) is 4.27. The molecule has 0 amide bonds. The van der Waals surface area contributed by atoms with Crippen LogP contribution in [0.3, 0.4) is 0 Å². The predicted octanol–water partition coefficient (Wildman–Crippen LogP) is 5.69. The number of benzene rings is 2. The van der Waals surface area contributed by atoms with Crippen LogP contribution in [-0.4, -0.2) is 22.9 Å². The number of hydrogen-bond donors (Lipinski definition) is 0. The van der Waals surface area contributed by atoms with Gasteiger partial charge in [-0.05, 0) is 30.5 Å². The summed E-state index contributed by atoms with van der Waals surface area (Å²) in [5.74, 6) is 0.884. The van der Waals surface area contributed by atoms with E-state index < -0.39 is 0 Å². The van der Waals surface area contributed by atoms with E-state index in [-0.39, 0.29) is 0 Å². The lowest BCUT2D eigenvalue weighted by atomic mass is 10.1. The zero-order valence-electron chi connectivity index (χ0n) is 14.3. The first kappa shape index (κ1) is 16.2. The Morgan fingerprint density at radius 3 is 2.84 bits per heavy atom. The first-order valence-electron chi connectivity index (χ1n) is 7.94. The molecule has 0 saturated carbocycles. The van der Waals surface area contributed by atoms with Gasteiger partial charge in [0.15, 0.2) is 0 Å². The fourth-order valence-corrected chi connectivity index (χ4v) is 4.56. The van der Waals surface area contributed by atoms with Crippen molar-refractivity contribution in [2.75, 3.05) is 13.4 Å². The summed E-state index contributed by atoms with van der Waals surface area (Å²) in [4.78, 5) is 5.88. The molecule has 0 fully saturated rings. The second-order valence-corrected chi connectivity index (χ2v) is 7.68. The third-order valence-corrected chi connectivity index (χ3v) is 5.99. The number of nitrogens with zero attached hydrogens (tertiary/aromatic N) is 2. The van der Waals surface area contributed by atoms with Crippen molar-refractivity contribution in [2.45, 2.75) is 4.90 Å². The van der Waals surface area contributed by atoms with Crippen LogP contribution in [0.4, 0.5) is 0 Å². The number of thiazole rings is 1. The molecule has 0 saturated heterocycles. The van der Waals surface area contributed by atoms with E-state index >= 15 is 0 Å². The molecule has 4 rings (SSSR count). The smallest absolute Gasteiger partial charge is 0.134 e. The van der Waals surface area contributed by atoms with Gasteiger partial charge in [0.1, 0.15) is 10.8 Å². The third-order valence-electron chi connectivity index (χ3n) is 4.24. The molecule has 0 spiro atoms. The van der Waals surface area contributed by atoms with Crippen LogP contribution in [0, 0.1) is 0 Å². The maximum atomic E-state index is 5.46. The van der Waals surface area contributed by atoms with Crippen LogP contribution >= 0.6 is 23.1 Å². The van der Waals surface area contributed by atoms with Gasteiger partial charge in [0.2, 0.25) is 0 Å². The highest BCUT2D eigenvalue weighted by Crippen LogP contribution is 2.35. The molecule has 2 heterocycles. The summed E-state index contributed by atoms with van der Waals surface area (Å²) in [6, 6.07) is 12.6. The Balaban J connectivity index is 1.73. The molecule has 25 heavy (non-hydrogen) atoms. The van der Waals surface area contributed by atoms with Crippen LogP contribution in [0.1, 0.15) is 10.6 Å². The largest absolute Gasteiger partial charge is 0.496 e. The maximum Gasteiger partial charge on any atom is 0.134 e. The van der Waals surface area contributed by atoms with Crippen molar-refractivity contribution in [1.82, 2.24) is 9.55 Å². The molecule has 3 nitrogen and oxygen atoms in total. The Hall–Kier alpha value is -2.24. The van der Waals surface area contributed by atoms with E-state index in [0.29, 0.717) is 0 Å². The van der Waals surface area contributed by atoms with Crippen LogP contribution < -0.4 is 4.74 Å². The van der Waals surface area contributed by atoms with E-state index in [1.165, 1.54) is 21.2 Å². The van der Waals surface area contributed by atoms with Gasteiger partial charge in [-0.25, -0.2) is 4.98 Å². The Morgan fingerprint density at radius 1 is 1.20 bits per heavy atom. The summed E-state index contributed by atoms with van der Waals surface area (Å²) in [6.07, 6.45) is 8.46. The lowest BCUT2D eigenvalue weighted by Crippen LogP contribution is -1.85. The van der Waals surface area contributed by atoms with Gasteiger partial charge < -0.3 is 9.30 Å². The number of aromatic nitrogens is 2. The normalized spacial score (nSPS) is 11.8. The van der Waals surface area contributed by atoms with E-state index in [2.05, 4.69) is 66.6 Å². The lowest BCUT2D eigenvalue weighted by molar-refractivity contribution is 0.405. The van der Waals surface area contributed by atoms with Gasteiger partial charge in [-0.2, -0.15) is 0 Å². The second kappa shape index (κ2) is 6.58. The Morgan fingerprint density at radius 2 is 2.04 bits per heavy atom. The van der Waals surface area contributed by atoms with E-state index in [1.54, 1.807) is 30.2 Å². The quantitative estimate of drug-likeness (QED) is 0.434. The van der Waals surface area contributed by atoms with Crippen molar-refractivity contribution in [3.63, 3.8) is 0 Å². The molecule has 0 aliphatic rings. The summed E-state index contributed by atoms with van der Waals surface area (Å²) in [5, 5.41) is 2.26. The maximum absolute atomic E-state index is 5.46. The molecule has 0 aliphatic carbocycles. The number of ether oxygens (including phenoxy) is 1. The van der Waals surface area contributed by atoms with Crippen LogP contribution in [-0.2, 0) is 7.05 Å². The Labute approximate surface area is 155 Å². The van der Waals surface area contributed by atoms with Gasteiger partial charge >= 0.3 is 0 Å². The number of para-hydroxylation sites is 1. The second-order valence-electron chi connectivity index (χ2n) is 5.77. The van der Waals surface area contributed by atoms with Crippen molar-refractivity contribution < 1.29 is 4.74 Å². The molecule has 0 bridgehead atoms. The fourth-order valence-electron chi connectivity index (χ4n) is 3.01. The average Bonchev–Trinajstić information content (AvgIpc) is 3.19. The minimum Gasteiger partial charge on any atom is -0.496 e. The summed E-state index contributed by atoms with van der Waals surface area (Å²) in [6.45, 7) is 0. The van der Waals surface area contributed by atoms with Gasteiger partial charge in [0, 0.05) is 35.8 Å². The standard InChI is InChI=1S/C20H18N2OS2/c1-22-12-13(14-6-4-5-7-16(14)22)8-9-20-21-15-10-17(23-2)19(24-3)11-18(15)25-20/h4-12H,1-3H3. The number of fused-ring (bicyclic) bond motifs is 2. The highest BCUT2D eigenvalue weighted by molar-refractivity contribution is 7.98. The molecular formula is C20H18N2OS2. The molecular weight excluding hydrogens is 348 g/mol. The Bertz CT molecular complexity index is 1050. The molecule has 2 aromatic heterocycles. The van der Waals surface area contributed by atoms with Crippen molar-refractivity contribution >= 4 is 56.4 Å². The first-order chi connectivity index (χ1) is 12.2. The number of methoxy groups -OCH3 is 1. The highest BCUT2D eigenvalue weighted by atomic mass is 32.2. The summed E-state index contributed by atoms with van der Waals surface area (Å²) in [5.41, 5.74) is 3.43. The molecule has 126 valence electrons. The van der Waals surface area contributed by atoms with E-state index in [0.717, 1.165) is 21.2 Å². The van der Waals surface area contributed by atoms with Crippen LogP contribution in [0.5, 0.6) is 5.75 Å². The van der Waals surface area contributed by atoms with Crippen molar-refractivity contribution in [3.05, 3.63) is 53.2 Å². The van der Waals surface area contributed by atoms with Crippen molar-refractivity contribution in [1.29, 1.82) is 0 Å². The summed E-state index contributed by atoms with van der Waals surface area (Å²) < 4.78 is 8.80. The fraction of sp³-hybridized carbons (Fsp3) is 0.150. The molecule has 2 aromatic carbocycles. The number of rotatable bonds is 4. The van der Waals surface area contributed by atoms with Crippen LogP contribution in [0.15, 0.2) is 47.5 Å². The number of thioether (sulfide) groups is 1. The van der Waals surface area contributed by atoms with E-state index in [9.17, 15) is 0 Å². The minimum atomic E-state index is 0.884. The van der Waals surface area contributed by atoms with Gasteiger partial charge in [-0.1, -0.05) is 18.2 Å². The minimum absolute atomic E-state index is 0.884. The van der Waals surface area contributed by atoms with Crippen molar-refractivity contribution in [3.8, 4) is 5.75 Å². The first-order valence-corrected chi connectivity index (χ1v) is 9.98. The van der Waals surface area contributed by atoms with E-state index in [1.807, 2.05) is 6.07 Å². The summed E-state index contributed by atoms with van der Waals surface area (Å²) in [7, 11) is 3.78. The SMILES string of the molecule is COc1cc2nc(C=Cc3cn(C)c4ccccc34)sc2cc1SC. The molecule has 0 unspecified atom stereocenters. The molecule has 0 N–H and O–H groups in total. The predicted molar refractivity (Wildman–Crippen MR) is 110 cm³/mol. The summed E-state index contributed by atoms with van der Waals surface area (Å²) >= 11 is 3.40. The number of hydrogen-bond acceptors (Lipinski definition) is 4. The zero-order chi connectivity index (χ0) is 17.4. The zero-order valence-corrected chi connectivity index (χ0v) is 15.9. The van der Waals surface area contributed by atoms with Gasteiger partial charge in [0.05, 0.1) is 22.2 Å². The van der Waals surface area contributed by atoms with Crippen LogP contribution in [0.25, 0.3) is 33.3 Å². The number of aryl methyl sites for hydroxylation is 1. The topological polar surface area (TPSA) is 27.1 Å². The highest BCUT2D eigenvalue weighted by Gasteiger charge is 2.09. The monoisotopic (exact) mass is 366 g/mol. The third kappa shape index (κ3) is 2.94. The van der Waals surface area contributed by atoms with Crippen LogP contribution in [0.2, 0.25) is 0 Å². The molecule has 0 radical (unpaired) electrons.